The Labute approximate surface area is 101 Å². The first-order valence-electron chi connectivity index (χ1n) is 6.27. The number of rotatable bonds is 3. The van der Waals surface area contributed by atoms with Crippen molar-refractivity contribution < 1.29 is 9.53 Å². The van der Waals surface area contributed by atoms with E-state index in [4.69, 9.17) is 4.74 Å². The fourth-order valence-electron chi connectivity index (χ4n) is 2.51. The van der Waals surface area contributed by atoms with Crippen LogP contribution in [-0.4, -0.2) is 25.5 Å². The Morgan fingerprint density at radius 3 is 2.94 bits per heavy atom. The lowest BCUT2D eigenvalue weighted by atomic mass is 9.89. The van der Waals surface area contributed by atoms with Gasteiger partial charge in [0, 0.05) is 25.4 Å². The molecule has 2 aliphatic rings. The maximum Gasteiger partial charge on any atom is 0.141 e. The van der Waals surface area contributed by atoms with Gasteiger partial charge in [0.25, 0.3) is 0 Å². The molecular formula is C14H17NO2. The van der Waals surface area contributed by atoms with Gasteiger partial charge in [0.1, 0.15) is 5.78 Å². The summed E-state index contributed by atoms with van der Waals surface area (Å²) in [4.78, 5) is 12.0. The molecule has 3 nitrogen and oxygen atoms in total. The van der Waals surface area contributed by atoms with Crippen LogP contribution in [0.25, 0.3) is 0 Å². The molecule has 0 saturated carbocycles. The summed E-state index contributed by atoms with van der Waals surface area (Å²) in [5.74, 6) is 0.554. The van der Waals surface area contributed by atoms with E-state index in [0.29, 0.717) is 12.2 Å². The number of benzene rings is 1. The van der Waals surface area contributed by atoms with Crippen molar-refractivity contribution in [1.82, 2.24) is 5.32 Å². The molecule has 1 atom stereocenters. The smallest absolute Gasteiger partial charge is 0.141 e. The number of hydrogen-bond donors (Lipinski definition) is 1. The van der Waals surface area contributed by atoms with Gasteiger partial charge in [0.2, 0.25) is 0 Å². The van der Waals surface area contributed by atoms with Crippen molar-refractivity contribution in [3.05, 3.63) is 35.4 Å². The summed E-state index contributed by atoms with van der Waals surface area (Å²) in [5, 5.41) is 3.14. The Balaban J connectivity index is 1.73. The van der Waals surface area contributed by atoms with E-state index in [1.807, 2.05) is 6.07 Å². The first-order chi connectivity index (χ1) is 8.34. The second kappa shape index (κ2) is 4.59. The lowest BCUT2D eigenvalue weighted by molar-refractivity contribution is -0.127. The molecule has 0 aliphatic carbocycles. The molecule has 0 bridgehead atoms. The highest BCUT2D eigenvalue weighted by molar-refractivity contribution is 5.83. The number of carbonyl (C=O) groups is 1. The zero-order valence-corrected chi connectivity index (χ0v) is 9.82. The first kappa shape index (κ1) is 10.9. The molecule has 1 aromatic carbocycles. The molecule has 1 fully saturated rings. The van der Waals surface area contributed by atoms with Gasteiger partial charge in [-0.3, -0.25) is 4.79 Å². The van der Waals surface area contributed by atoms with E-state index < -0.39 is 0 Å². The summed E-state index contributed by atoms with van der Waals surface area (Å²) >= 11 is 0. The van der Waals surface area contributed by atoms with Gasteiger partial charge in [0.05, 0.1) is 12.7 Å². The maximum absolute atomic E-state index is 12.0. The minimum Gasteiger partial charge on any atom is -0.373 e. The van der Waals surface area contributed by atoms with Crippen molar-refractivity contribution in [1.29, 1.82) is 0 Å². The normalized spacial score (nSPS) is 23.9. The number of fused-ring (bicyclic) bond motifs is 1. The third-order valence-corrected chi connectivity index (χ3v) is 3.72. The van der Waals surface area contributed by atoms with Gasteiger partial charge in [0.15, 0.2) is 0 Å². The minimum atomic E-state index is -0.0203. The molecule has 2 heterocycles. The van der Waals surface area contributed by atoms with Gasteiger partial charge in [-0.05, 0) is 17.5 Å². The van der Waals surface area contributed by atoms with Crippen molar-refractivity contribution in [2.45, 2.75) is 18.9 Å². The van der Waals surface area contributed by atoms with Crippen molar-refractivity contribution in [2.75, 3.05) is 19.7 Å². The molecule has 3 heteroatoms. The zero-order chi connectivity index (χ0) is 11.7. The summed E-state index contributed by atoms with van der Waals surface area (Å²) in [6, 6.07) is 8.31. The van der Waals surface area contributed by atoms with Crippen molar-refractivity contribution in [3.63, 3.8) is 0 Å². The lowest BCUT2D eigenvalue weighted by Crippen LogP contribution is -2.47. The Morgan fingerprint density at radius 2 is 2.18 bits per heavy atom. The van der Waals surface area contributed by atoms with Gasteiger partial charge in [-0.2, -0.15) is 0 Å². The highest BCUT2D eigenvalue weighted by Crippen LogP contribution is 2.30. The molecular weight excluding hydrogens is 214 g/mol. The van der Waals surface area contributed by atoms with Crippen molar-refractivity contribution in [3.8, 4) is 0 Å². The molecule has 1 unspecified atom stereocenters. The predicted octanol–water partition coefficient (Wildman–Crippen LogP) is 1.48. The number of Topliss-reactive ketones (excluding diaryl/α,β-unsaturated/α-hetero) is 1. The van der Waals surface area contributed by atoms with Crippen LogP contribution in [0.15, 0.2) is 24.3 Å². The Hall–Kier alpha value is -1.19. The lowest BCUT2D eigenvalue weighted by Gasteiger charge is -2.30. The topological polar surface area (TPSA) is 38.3 Å². The number of ether oxygens (including phenoxy) is 1. The molecule has 0 aromatic heterocycles. The second-order valence-corrected chi connectivity index (χ2v) is 4.83. The molecule has 0 radical (unpaired) electrons. The van der Waals surface area contributed by atoms with E-state index in [1.54, 1.807) is 0 Å². The third kappa shape index (κ3) is 2.13. The number of hydrogen-bond acceptors (Lipinski definition) is 3. The third-order valence-electron chi connectivity index (χ3n) is 3.72. The average Bonchev–Trinajstić information content (AvgIpc) is 2.27. The fraction of sp³-hybridized carbons (Fsp3) is 0.500. The van der Waals surface area contributed by atoms with E-state index in [9.17, 15) is 4.79 Å². The SMILES string of the molecule is O=C(CC1OCCc2ccccc21)C1CNC1. The Bertz CT molecular complexity index is 426. The Kier molecular flexibility index (Phi) is 2.95. The van der Waals surface area contributed by atoms with Crippen LogP contribution in [0.4, 0.5) is 0 Å². The van der Waals surface area contributed by atoms with E-state index >= 15 is 0 Å². The van der Waals surface area contributed by atoms with Crippen LogP contribution in [0.5, 0.6) is 0 Å². The van der Waals surface area contributed by atoms with Crippen LogP contribution < -0.4 is 5.32 Å². The summed E-state index contributed by atoms with van der Waals surface area (Å²) < 4.78 is 5.75. The van der Waals surface area contributed by atoms with Crippen LogP contribution in [0.3, 0.4) is 0 Å². The monoisotopic (exact) mass is 231 g/mol. The van der Waals surface area contributed by atoms with Crippen molar-refractivity contribution in [2.24, 2.45) is 5.92 Å². The summed E-state index contributed by atoms with van der Waals surface area (Å²) in [6.45, 7) is 2.41. The van der Waals surface area contributed by atoms with Gasteiger partial charge >= 0.3 is 0 Å². The van der Waals surface area contributed by atoms with E-state index in [2.05, 4.69) is 23.5 Å². The van der Waals surface area contributed by atoms with E-state index in [1.165, 1.54) is 11.1 Å². The van der Waals surface area contributed by atoms with Gasteiger partial charge < -0.3 is 10.1 Å². The van der Waals surface area contributed by atoms with Crippen LogP contribution in [-0.2, 0) is 16.0 Å². The molecule has 2 aliphatic heterocycles. The van der Waals surface area contributed by atoms with E-state index in [0.717, 1.165) is 26.1 Å². The molecule has 0 spiro atoms. The largest absolute Gasteiger partial charge is 0.373 e. The molecule has 3 rings (SSSR count). The van der Waals surface area contributed by atoms with Gasteiger partial charge in [-0.15, -0.1) is 0 Å². The summed E-state index contributed by atoms with van der Waals surface area (Å²) in [5.41, 5.74) is 2.54. The molecule has 0 amide bonds. The predicted molar refractivity (Wildman–Crippen MR) is 64.8 cm³/mol. The highest BCUT2D eigenvalue weighted by Gasteiger charge is 2.29. The van der Waals surface area contributed by atoms with Crippen LogP contribution >= 0.6 is 0 Å². The summed E-state index contributed by atoms with van der Waals surface area (Å²) in [6.07, 6.45) is 1.47. The maximum atomic E-state index is 12.0. The zero-order valence-electron chi connectivity index (χ0n) is 9.82. The quantitative estimate of drug-likeness (QED) is 0.856. The van der Waals surface area contributed by atoms with Crippen LogP contribution in [0.1, 0.15) is 23.7 Å². The molecule has 1 saturated heterocycles. The standard InChI is InChI=1S/C14H17NO2/c16-13(11-8-15-9-11)7-14-12-4-2-1-3-10(12)5-6-17-14/h1-4,11,14-15H,5-9H2. The highest BCUT2D eigenvalue weighted by atomic mass is 16.5. The molecule has 1 N–H and O–H groups in total. The van der Waals surface area contributed by atoms with Crippen molar-refractivity contribution >= 4 is 5.78 Å². The summed E-state index contributed by atoms with van der Waals surface area (Å²) in [7, 11) is 0. The molecule has 90 valence electrons. The number of carbonyl (C=O) groups excluding carboxylic acids is 1. The van der Waals surface area contributed by atoms with Gasteiger partial charge in [-0.1, -0.05) is 24.3 Å². The second-order valence-electron chi connectivity index (χ2n) is 4.83. The molecule has 17 heavy (non-hydrogen) atoms. The number of nitrogens with one attached hydrogen (secondary N) is 1. The van der Waals surface area contributed by atoms with Crippen LogP contribution in [0, 0.1) is 5.92 Å². The van der Waals surface area contributed by atoms with E-state index in [-0.39, 0.29) is 12.0 Å². The first-order valence-corrected chi connectivity index (χ1v) is 6.27. The number of ketones is 1. The van der Waals surface area contributed by atoms with Gasteiger partial charge in [-0.25, -0.2) is 0 Å². The average molecular weight is 231 g/mol. The Morgan fingerprint density at radius 1 is 1.35 bits per heavy atom. The molecule has 1 aromatic rings. The fourth-order valence-corrected chi connectivity index (χ4v) is 2.51. The van der Waals surface area contributed by atoms with Crippen LogP contribution in [0.2, 0.25) is 0 Å². The minimum absolute atomic E-state index is 0.0203.